The van der Waals surface area contributed by atoms with E-state index in [0.29, 0.717) is 23.8 Å². The van der Waals surface area contributed by atoms with Crippen LogP contribution in [0.5, 0.6) is 0 Å². The monoisotopic (exact) mass is 321 g/mol. The summed E-state index contributed by atoms with van der Waals surface area (Å²) in [6, 6.07) is 5.22. The molecule has 0 aliphatic rings. The fraction of sp³-hybridized carbons (Fsp3) is 0.400. The maximum Gasteiger partial charge on any atom is 0.251 e. The Hall–Kier alpha value is -2.02. The van der Waals surface area contributed by atoms with Gasteiger partial charge in [-0.15, -0.1) is 0 Å². The molecule has 6 nitrogen and oxygen atoms in total. The summed E-state index contributed by atoms with van der Waals surface area (Å²) in [4.78, 5) is 30.2. The van der Waals surface area contributed by atoms with Gasteiger partial charge in [-0.3, -0.25) is 9.59 Å². The Morgan fingerprint density at radius 2 is 2.23 bits per heavy atom. The molecule has 1 amide bonds. The average molecular weight is 321 g/mol. The van der Waals surface area contributed by atoms with Crippen molar-refractivity contribution in [3.8, 4) is 0 Å². The maximum absolute atomic E-state index is 12.0. The van der Waals surface area contributed by atoms with Crippen LogP contribution in [0.4, 0.5) is 0 Å². The Labute approximate surface area is 132 Å². The van der Waals surface area contributed by atoms with Crippen molar-refractivity contribution in [2.24, 2.45) is 0 Å². The van der Waals surface area contributed by atoms with Crippen LogP contribution in [0.15, 0.2) is 32.6 Å². The number of nitrogens with zero attached hydrogens (tertiary/aromatic N) is 1. The molecule has 2 N–H and O–H groups in total. The number of thioether (sulfide) groups is 1. The molecule has 0 radical (unpaired) electrons. The number of amides is 1. The number of furan rings is 1. The van der Waals surface area contributed by atoms with Crippen molar-refractivity contribution < 1.29 is 9.21 Å². The fourth-order valence-corrected chi connectivity index (χ4v) is 2.78. The highest BCUT2D eigenvalue weighted by Gasteiger charge is 2.15. The number of hydrogen-bond donors (Lipinski definition) is 2. The predicted molar refractivity (Wildman–Crippen MR) is 85.1 cm³/mol. The molecular weight excluding hydrogens is 302 g/mol. The van der Waals surface area contributed by atoms with Gasteiger partial charge in [0.1, 0.15) is 11.5 Å². The van der Waals surface area contributed by atoms with E-state index >= 15 is 0 Å². The van der Waals surface area contributed by atoms with Gasteiger partial charge < -0.3 is 14.7 Å². The van der Waals surface area contributed by atoms with Crippen LogP contribution in [0.25, 0.3) is 0 Å². The summed E-state index contributed by atoms with van der Waals surface area (Å²) in [5, 5.41) is 2.96. The summed E-state index contributed by atoms with van der Waals surface area (Å²) in [6.07, 6.45) is 0.649. The van der Waals surface area contributed by atoms with Crippen LogP contribution >= 0.6 is 11.8 Å². The third kappa shape index (κ3) is 4.77. The Morgan fingerprint density at radius 3 is 2.86 bits per heavy atom. The highest BCUT2D eigenvalue weighted by Crippen LogP contribution is 2.18. The van der Waals surface area contributed by atoms with Gasteiger partial charge in [0, 0.05) is 24.7 Å². The number of rotatable bonds is 6. The Kier molecular flexibility index (Phi) is 5.43. The van der Waals surface area contributed by atoms with Crippen LogP contribution in [0.2, 0.25) is 0 Å². The predicted octanol–water partition coefficient (Wildman–Crippen LogP) is 1.82. The van der Waals surface area contributed by atoms with Gasteiger partial charge in [0.2, 0.25) is 5.91 Å². The van der Waals surface area contributed by atoms with E-state index < -0.39 is 0 Å². The first kappa shape index (κ1) is 16.4. The summed E-state index contributed by atoms with van der Waals surface area (Å²) in [6.45, 7) is 5.92. The molecule has 0 aromatic carbocycles. The number of aromatic nitrogens is 2. The molecule has 1 atom stereocenters. The van der Waals surface area contributed by atoms with E-state index in [9.17, 15) is 9.59 Å². The number of hydrogen-bond acceptors (Lipinski definition) is 5. The van der Waals surface area contributed by atoms with Crippen LogP contribution in [0.1, 0.15) is 24.1 Å². The summed E-state index contributed by atoms with van der Waals surface area (Å²) in [5.41, 5.74) is 0.419. The topological polar surface area (TPSA) is 88.0 Å². The standard InChI is InChI=1S/C15H19N3O3S/c1-9-8-13(19)18-15(17-9)22-11(3)14(20)16-7-6-12-5-4-10(2)21-12/h4-5,8,11H,6-7H2,1-3H3,(H,16,20)(H,17,18,19)/t11-/m0/s1. The number of nitrogens with one attached hydrogen (secondary N) is 2. The Morgan fingerprint density at radius 1 is 1.45 bits per heavy atom. The lowest BCUT2D eigenvalue weighted by atomic mass is 10.3. The van der Waals surface area contributed by atoms with E-state index in [4.69, 9.17) is 4.42 Å². The summed E-state index contributed by atoms with van der Waals surface area (Å²) in [7, 11) is 0. The van der Waals surface area contributed by atoms with Crippen molar-refractivity contribution in [2.45, 2.75) is 37.6 Å². The molecule has 0 spiro atoms. The molecule has 0 unspecified atom stereocenters. The molecule has 0 saturated carbocycles. The lowest BCUT2D eigenvalue weighted by Gasteiger charge is -2.11. The number of aromatic amines is 1. The van der Waals surface area contributed by atoms with Crippen molar-refractivity contribution in [1.82, 2.24) is 15.3 Å². The fourth-order valence-electron chi connectivity index (χ4n) is 1.90. The molecule has 0 bridgehead atoms. The van der Waals surface area contributed by atoms with Crippen LogP contribution in [-0.4, -0.2) is 27.7 Å². The zero-order chi connectivity index (χ0) is 16.1. The second-order valence-corrected chi connectivity index (χ2v) is 6.33. The van der Waals surface area contributed by atoms with Crippen molar-refractivity contribution >= 4 is 17.7 Å². The molecule has 7 heteroatoms. The highest BCUT2D eigenvalue weighted by atomic mass is 32.2. The van der Waals surface area contributed by atoms with E-state index in [1.165, 1.54) is 17.8 Å². The first-order valence-corrected chi connectivity index (χ1v) is 7.89. The van der Waals surface area contributed by atoms with Crippen LogP contribution in [-0.2, 0) is 11.2 Å². The van der Waals surface area contributed by atoms with Gasteiger partial charge in [0.25, 0.3) is 5.56 Å². The van der Waals surface area contributed by atoms with Gasteiger partial charge >= 0.3 is 0 Å². The summed E-state index contributed by atoms with van der Waals surface area (Å²) < 4.78 is 5.44. The first-order chi connectivity index (χ1) is 10.4. The quantitative estimate of drug-likeness (QED) is 0.626. The minimum Gasteiger partial charge on any atom is -0.466 e. The zero-order valence-electron chi connectivity index (χ0n) is 12.8. The van der Waals surface area contributed by atoms with Gasteiger partial charge in [-0.1, -0.05) is 11.8 Å². The van der Waals surface area contributed by atoms with Gasteiger partial charge in [0.05, 0.1) is 5.25 Å². The molecular formula is C15H19N3O3S. The average Bonchev–Trinajstić information content (AvgIpc) is 2.83. The van der Waals surface area contributed by atoms with Crippen molar-refractivity contribution in [3.63, 3.8) is 0 Å². The lowest BCUT2D eigenvalue weighted by molar-refractivity contribution is -0.120. The van der Waals surface area contributed by atoms with Crippen LogP contribution in [0, 0.1) is 13.8 Å². The van der Waals surface area contributed by atoms with E-state index in [-0.39, 0.29) is 16.7 Å². The van der Waals surface area contributed by atoms with Crippen LogP contribution in [0.3, 0.4) is 0 Å². The molecule has 2 aromatic heterocycles. The molecule has 2 aromatic rings. The van der Waals surface area contributed by atoms with Crippen LogP contribution < -0.4 is 10.9 Å². The Balaban J connectivity index is 1.82. The van der Waals surface area contributed by atoms with E-state index in [0.717, 1.165) is 11.5 Å². The summed E-state index contributed by atoms with van der Waals surface area (Å²) >= 11 is 1.23. The van der Waals surface area contributed by atoms with Crippen molar-refractivity contribution in [2.75, 3.05) is 6.54 Å². The minimum atomic E-state index is -0.344. The van der Waals surface area contributed by atoms with Crippen molar-refractivity contribution in [3.05, 3.63) is 45.8 Å². The third-order valence-electron chi connectivity index (χ3n) is 2.97. The Bertz CT molecular complexity index is 708. The van der Waals surface area contributed by atoms with Gasteiger partial charge in [-0.2, -0.15) is 0 Å². The number of aryl methyl sites for hydroxylation is 2. The molecule has 0 saturated heterocycles. The normalized spacial score (nSPS) is 12.1. The SMILES string of the molecule is Cc1cc(=O)[nH]c(S[C@@H](C)C(=O)NCCc2ccc(C)o2)n1. The summed E-state index contributed by atoms with van der Waals surface area (Å²) in [5.74, 6) is 1.61. The molecule has 0 aliphatic carbocycles. The van der Waals surface area contributed by atoms with E-state index in [2.05, 4.69) is 15.3 Å². The first-order valence-electron chi connectivity index (χ1n) is 7.01. The molecule has 22 heavy (non-hydrogen) atoms. The van der Waals surface area contributed by atoms with E-state index in [1.807, 2.05) is 19.1 Å². The number of H-pyrrole nitrogens is 1. The van der Waals surface area contributed by atoms with Gasteiger partial charge in [0.15, 0.2) is 5.16 Å². The van der Waals surface area contributed by atoms with E-state index in [1.54, 1.807) is 13.8 Å². The highest BCUT2D eigenvalue weighted by molar-refractivity contribution is 8.00. The molecule has 118 valence electrons. The van der Waals surface area contributed by atoms with Crippen molar-refractivity contribution in [1.29, 1.82) is 0 Å². The number of carbonyl (C=O) groups excluding carboxylic acids is 1. The third-order valence-corrected chi connectivity index (χ3v) is 3.96. The lowest BCUT2D eigenvalue weighted by Crippen LogP contribution is -2.32. The minimum absolute atomic E-state index is 0.0996. The van der Waals surface area contributed by atoms with Gasteiger partial charge in [-0.05, 0) is 32.9 Å². The largest absolute Gasteiger partial charge is 0.466 e. The zero-order valence-corrected chi connectivity index (χ0v) is 13.6. The molecule has 2 rings (SSSR count). The second kappa shape index (κ2) is 7.31. The number of carbonyl (C=O) groups is 1. The molecule has 0 aliphatic heterocycles. The van der Waals surface area contributed by atoms with Gasteiger partial charge in [-0.25, -0.2) is 4.98 Å². The smallest absolute Gasteiger partial charge is 0.251 e. The second-order valence-electron chi connectivity index (χ2n) is 5.01. The molecule has 2 heterocycles. The maximum atomic E-state index is 12.0. The molecule has 0 fully saturated rings.